The maximum Gasteiger partial charge on any atom is 0.287 e. The molecule has 3 heteroatoms. The molecule has 1 aromatic heterocycles. The second-order valence-corrected chi connectivity index (χ2v) is 3.57. The maximum absolute atomic E-state index is 11.5. The van der Waals surface area contributed by atoms with Gasteiger partial charge in [0.15, 0.2) is 5.76 Å². The standard InChI is InChI=1S/C10H13NO2/c1-2-10(5-6-10)11-9(12)8-4-3-7-13-8/h3-4,7H,2,5-6H2,1H3,(H,11,12). The topological polar surface area (TPSA) is 42.2 Å². The van der Waals surface area contributed by atoms with Crippen LogP contribution in [-0.4, -0.2) is 11.4 Å². The molecular formula is C10H13NO2. The zero-order valence-electron chi connectivity index (χ0n) is 7.67. The van der Waals surface area contributed by atoms with Gasteiger partial charge in [-0.25, -0.2) is 0 Å². The lowest BCUT2D eigenvalue weighted by atomic mass is 10.2. The minimum absolute atomic E-state index is 0.0733. The first kappa shape index (κ1) is 8.35. The molecule has 13 heavy (non-hydrogen) atoms. The molecule has 70 valence electrons. The highest BCUT2D eigenvalue weighted by molar-refractivity contribution is 5.92. The summed E-state index contributed by atoms with van der Waals surface area (Å²) in [5, 5.41) is 2.99. The van der Waals surface area contributed by atoms with Crippen LogP contribution in [0.4, 0.5) is 0 Å². The summed E-state index contributed by atoms with van der Waals surface area (Å²) in [4.78, 5) is 11.5. The van der Waals surface area contributed by atoms with Crippen molar-refractivity contribution in [1.29, 1.82) is 0 Å². The molecule has 0 atom stereocenters. The van der Waals surface area contributed by atoms with Gasteiger partial charge in [0.2, 0.25) is 0 Å². The van der Waals surface area contributed by atoms with Gasteiger partial charge in [0, 0.05) is 5.54 Å². The van der Waals surface area contributed by atoms with Crippen LogP contribution < -0.4 is 5.32 Å². The summed E-state index contributed by atoms with van der Waals surface area (Å²) in [6, 6.07) is 3.40. The number of carbonyl (C=O) groups excluding carboxylic acids is 1. The lowest BCUT2D eigenvalue weighted by Gasteiger charge is -2.13. The molecule has 1 aliphatic rings. The zero-order chi connectivity index (χ0) is 9.31. The normalized spacial score (nSPS) is 18.2. The minimum Gasteiger partial charge on any atom is -0.459 e. The van der Waals surface area contributed by atoms with Crippen molar-refractivity contribution in [2.75, 3.05) is 0 Å². The highest BCUT2D eigenvalue weighted by Crippen LogP contribution is 2.38. The van der Waals surface area contributed by atoms with Crippen LogP contribution in [0.3, 0.4) is 0 Å². The van der Waals surface area contributed by atoms with Crippen LogP contribution in [0.5, 0.6) is 0 Å². The molecule has 3 nitrogen and oxygen atoms in total. The van der Waals surface area contributed by atoms with E-state index < -0.39 is 0 Å². The molecule has 1 aliphatic carbocycles. The Bertz CT molecular complexity index is 299. The molecule has 1 heterocycles. The van der Waals surface area contributed by atoms with E-state index in [1.165, 1.54) is 6.26 Å². The van der Waals surface area contributed by atoms with Gasteiger partial charge < -0.3 is 9.73 Å². The molecule has 0 spiro atoms. The van der Waals surface area contributed by atoms with Crippen molar-refractivity contribution in [2.24, 2.45) is 0 Å². The fourth-order valence-electron chi connectivity index (χ4n) is 1.43. The Hall–Kier alpha value is -1.25. The van der Waals surface area contributed by atoms with Crippen molar-refractivity contribution in [3.63, 3.8) is 0 Å². The monoisotopic (exact) mass is 179 g/mol. The van der Waals surface area contributed by atoms with Crippen LogP contribution in [0.1, 0.15) is 36.7 Å². The van der Waals surface area contributed by atoms with E-state index in [0.717, 1.165) is 19.3 Å². The fraction of sp³-hybridized carbons (Fsp3) is 0.500. The van der Waals surface area contributed by atoms with Gasteiger partial charge in [-0.3, -0.25) is 4.79 Å². The molecule has 1 aromatic rings. The Kier molecular flexibility index (Phi) is 1.87. The second kappa shape index (κ2) is 2.91. The Morgan fingerprint density at radius 3 is 2.92 bits per heavy atom. The summed E-state index contributed by atoms with van der Waals surface area (Å²) in [5.41, 5.74) is 0.0733. The van der Waals surface area contributed by atoms with Gasteiger partial charge in [-0.2, -0.15) is 0 Å². The molecule has 1 saturated carbocycles. The van der Waals surface area contributed by atoms with E-state index in [1.807, 2.05) is 0 Å². The number of nitrogens with one attached hydrogen (secondary N) is 1. The highest BCUT2D eigenvalue weighted by atomic mass is 16.3. The second-order valence-electron chi connectivity index (χ2n) is 3.57. The van der Waals surface area contributed by atoms with Crippen molar-refractivity contribution >= 4 is 5.91 Å². The van der Waals surface area contributed by atoms with Crippen LogP contribution in [-0.2, 0) is 0 Å². The molecule has 2 rings (SSSR count). The molecule has 0 bridgehead atoms. The lowest BCUT2D eigenvalue weighted by molar-refractivity contribution is 0.0902. The zero-order valence-corrected chi connectivity index (χ0v) is 7.67. The van der Waals surface area contributed by atoms with Crippen LogP contribution in [0.25, 0.3) is 0 Å². The van der Waals surface area contributed by atoms with E-state index in [1.54, 1.807) is 12.1 Å². The van der Waals surface area contributed by atoms with Gasteiger partial charge in [-0.1, -0.05) is 6.92 Å². The van der Waals surface area contributed by atoms with Crippen molar-refractivity contribution < 1.29 is 9.21 Å². The average Bonchev–Trinajstić information content (AvgIpc) is 2.69. The number of carbonyl (C=O) groups is 1. The van der Waals surface area contributed by atoms with Crippen LogP contribution in [0, 0.1) is 0 Å². The van der Waals surface area contributed by atoms with Crippen LogP contribution in [0.2, 0.25) is 0 Å². The molecular weight excluding hydrogens is 166 g/mol. The Morgan fingerprint density at radius 2 is 2.46 bits per heavy atom. The predicted molar refractivity (Wildman–Crippen MR) is 48.4 cm³/mol. The van der Waals surface area contributed by atoms with Crippen molar-refractivity contribution in [2.45, 2.75) is 31.7 Å². The van der Waals surface area contributed by atoms with E-state index in [9.17, 15) is 4.79 Å². The summed E-state index contributed by atoms with van der Waals surface area (Å²) < 4.78 is 5.00. The molecule has 1 fully saturated rings. The molecule has 0 aromatic carbocycles. The summed E-state index contributed by atoms with van der Waals surface area (Å²) in [7, 11) is 0. The summed E-state index contributed by atoms with van der Waals surface area (Å²) in [6.45, 7) is 2.09. The molecule has 0 saturated heterocycles. The molecule has 1 amide bonds. The average molecular weight is 179 g/mol. The lowest BCUT2D eigenvalue weighted by Crippen LogP contribution is -2.35. The summed E-state index contributed by atoms with van der Waals surface area (Å²) in [5.74, 6) is 0.309. The van der Waals surface area contributed by atoms with Crippen molar-refractivity contribution in [1.82, 2.24) is 5.32 Å². The van der Waals surface area contributed by atoms with E-state index in [2.05, 4.69) is 12.2 Å². The Morgan fingerprint density at radius 1 is 1.69 bits per heavy atom. The third-order valence-corrected chi connectivity index (χ3v) is 2.65. The third-order valence-electron chi connectivity index (χ3n) is 2.65. The molecule has 1 N–H and O–H groups in total. The molecule has 0 unspecified atom stereocenters. The first-order chi connectivity index (χ1) is 6.26. The first-order valence-electron chi connectivity index (χ1n) is 4.62. The van der Waals surface area contributed by atoms with Gasteiger partial charge in [-0.05, 0) is 31.4 Å². The minimum atomic E-state index is -0.0932. The van der Waals surface area contributed by atoms with Gasteiger partial charge >= 0.3 is 0 Å². The van der Waals surface area contributed by atoms with Crippen molar-refractivity contribution in [3.8, 4) is 0 Å². The predicted octanol–water partition coefficient (Wildman–Crippen LogP) is 1.95. The molecule has 0 aliphatic heterocycles. The summed E-state index contributed by atoms with van der Waals surface area (Å²) in [6.07, 6.45) is 4.70. The Labute approximate surface area is 77.1 Å². The van der Waals surface area contributed by atoms with E-state index in [0.29, 0.717) is 5.76 Å². The summed E-state index contributed by atoms with van der Waals surface area (Å²) >= 11 is 0. The number of rotatable bonds is 3. The van der Waals surface area contributed by atoms with Crippen molar-refractivity contribution in [3.05, 3.63) is 24.2 Å². The third kappa shape index (κ3) is 1.59. The van der Waals surface area contributed by atoms with Gasteiger partial charge in [0.1, 0.15) is 0 Å². The van der Waals surface area contributed by atoms with E-state index in [-0.39, 0.29) is 11.4 Å². The SMILES string of the molecule is CCC1(NC(=O)c2ccco2)CC1. The Balaban J connectivity index is 2.00. The largest absolute Gasteiger partial charge is 0.459 e. The van der Waals surface area contributed by atoms with Crippen LogP contribution >= 0.6 is 0 Å². The van der Waals surface area contributed by atoms with E-state index >= 15 is 0 Å². The van der Waals surface area contributed by atoms with Crippen LogP contribution in [0.15, 0.2) is 22.8 Å². The maximum atomic E-state index is 11.5. The smallest absolute Gasteiger partial charge is 0.287 e. The van der Waals surface area contributed by atoms with Gasteiger partial charge in [-0.15, -0.1) is 0 Å². The molecule has 0 radical (unpaired) electrons. The number of hydrogen-bond donors (Lipinski definition) is 1. The quantitative estimate of drug-likeness (QED) is 0.770. The van der Waals surface area contributed by atoms with E-state index in [4.69, 9.17) is 4.42 Å². The van der Waals surface area contributed by atoms with Gasteiger partial charge in [0.25, 0.3) is 5.91 Å². The van der Waals surface area contributed by atoms with Gasteiger partial charge in [0.05, 0.1) is 6.26 Å². The number of amides is 1. The fourth-order valence-corrected chi connectivity index (χ4v) is 1.43. The number of hydrogen-bond acceptors (Lipinski definition) is 2. The first-order valence-corrected chi connectivity index (χ1v) is 4.62. The highest BCUT2D eigenvalue weighted by Gasteiger charge is 2.42. The number of furan rings is 1.